The van der Waals surface area contributed by atoms with E-state index in [0.29, 0.717) is 13.0 Å². The Hall–Kier alpha value is -2.19. The molecule has 8 heteroatoms. The van der Waals surface area contributed by atoms with Gasteiger partial charge in [0, 0.05) is 31.0 Å². The first-order chi connectivity index (χ1) is 13.9. The van der Waals surface area contributed by atoms with Crippen molar-refractivity contribution in [2.75, 3.05) is 17.6 Å². The summed E-state index contributed by atoms with van der Waals surface area (Å²) in [5.74, 6) is 0.269. The van der Waals surface area contributed by atoms with Gasteiger partial charge in [0.2, 0.25) is 15.9 Å². The van der Waals surface area contributed by atoms with Crippen LogP contribution < -0.4 is 5.32 Å². The van der Waals surface area contributed by atoms with Crippen molar-refractivity contribution in [2.24, 2.45) is 13.0 Å². The standard InChI is InChI=1S/C21H26N4O3S/c1-24-13-16(12-22-24)19-21(17-8-4-5-9-18(17)23-20(21)26)10-11-25(19)29(27,28)14-15-6-2-3-7-15/h4-5,8-9,12-13,15,19H,2-3,6-7,10-11,14H2,1H3,(H,23,26). The molecule has 1 aromatic heterocycles. The van der Waals surface area contributed by atoms with Gasteiger partial charge in [-0.25, -0.2) is 8.42 Å². The van der Waals surface area contributed by atoms with E-state index in [1.54, 1.807) is 15.2 Å². The van der Waals surface area contributed by atoms with Gasteiger partial charge in [0.05, 0.1) is 23.4 Å². The van der Waals surface area contributed by atoms with Crippen LogP contribution in [0.1, 0.15) is 49.3 Å². The summed E-state index contributed by atoms with van der Waals surface area (Å²) in [6, 6.07) is 7.06. The van der Waals surface area contributed by atoms with Crippen LogP contribution in [0.3, 0.4) is 0 Å². The first-order valence-corrected chi connectivity index (χ1v) is 11.9. The van der Waals surface area contributed by atoms with Gasteiger partial charge in [-0.15, -0.1) is 0 Å². The number of carbonyl (C=O) groups is 1. The zero-order chi connectivity index (χ0) is 20.2. The fourth-order valence-electron chi connectivity index (χ4n) is 5.56. The normalized spacial score (nSPS) is 27.6. The lowest BCUT2D eigenvalue weighted by molar-refractivity contribution is -0.121. The third kappa shape index (κ3) is 2.84. The van der Waals surface area contributed by atoms with Crippen LogP contribution in [0, 0.1) is 5.92 Å². The van der Waals surface area contributed by atoms with Gasteiger partial charge in [0.1, 0.15) is 0 Å². The molecule has 1 saturated heterocycles. The Morgan fingerprint density at radius 1 is 1.24 bits per heavy atom. The predicted molar refractivity (Wildman–Crippen MR) is 110 cm³/mol. The molecule has 1 aromatic carbocycles. The third-order valence-electron chi connectivity index (χ3n) is 6.86. The second kappa shape index (κ2) is 6.67. The molecule has 3 heterocycles. The first kappa shape index (κ1) is 18.8. The number of para-hydroxylation sites is 1. The fourth-order valence-corrected chi connectivity index (χ4v) is 7.67. The maximum Gasteiger partial charge on any atom is 0.237 e. The molecule has 2 unspecified atom stereocenters. The number of aryl methyl sites for hydroxylation is 1. The zero-order valence-corrected chi connectivity index (χ0v) is 17.4. The van der Waals surface area contributed by atoms with E-state index >= 15 is 0 Å². The second-order valence-electron chi connectivity index (χ2n) is 8.61. The summed E-state index contributed by atoms with van der Waals surface area (Å²) in [6.45, 7) is 0.344. The van der Waals surface area contributed by atoms with Gasteiger partial charge in [-0.2, -0.15) is 9.40 Å². The molecule has 0 bridgehead atoms. The summed E-state index contributed by atoms with van der Waals surface area (Å²) in [7, 11) is -1.69. The number of nitrogens with one attached hydrogen (secondary N) is 1. The molecule has 1 amide bonds. The highest BCUT2D eigenvalue weighted by Crippen LogP contribution is 2.55. The average Bonchev–Trinajstić information content (AvgIpc) is 3.44. The van der Waals surface area contributed by atoms with Gasteiger partial charge < -0.3 is 5.32 Å². The van der Waals surface area contributed by atoms with E-state index in [1.165, 1.54) is 0 Å². The third-order valence-corrected chi connectivity index (χ3v) is 8.86. The molecule has 7 nitrogen and oxygen atoms in total. The number of rotatable bonds is 4. The number of fused-ring (bicyclic) bond motifs is 2. The van der Waals surface area contributed by atoms with Crippen molar-refractivity contribution in [2.45, 2.75) is 43.6 Å². The Kier molecular flexibility index (Phi) is 4.33. The van der Waals surface area contributed by atoms with E-state index in [2.05, 4.69) is 10.4 Å². The highest BCUT2D eigenvalue weighted by Gasteiger charge is 2.61. The molecule has 2 atom stereocenters. The Labute approximate surface area is 171 Å². The molecule has 0 radical (unpaired) electrons. The monoisotopic (exact) mass is 414 g/mol. The molecule has 2 fully saturated rings. The molecule has 2 aliphatic heterocycles. The quantitative estimate of drug-likeness (QED) is 0.833. The summed E-state index contributed by atoms with van der Waals surface area (Å²) in [5.41, 5.74) is 1.52. The Morgan fingerprint density at radius 3 is 2.72 bits per heavy atom. The van der Waals surface area contributed by atoms with Gasteiger partial charge in [0.15, 0.2) is 0 Å². The molecule has 3 aliphatic rings. The molecular formula is C21H26N4O3S. The van der Waals surface area contributed by atoms with Crippen LogP contribution in [0.2, 0.25) is 0 Å². The number of sulfonamides is 1. The van der Waals surface area contributed by atoms with E-state index in [0.717, 1.165) is 42.5 Å². The SMILES string of the molecule is Cn1cc(C2N(S(=O)(=O)CC3CCCC3)CCC23C(=O)Nc2ccccc23)cn1. The van der Waals surface area contributed by atoms with E-state index in [4.69, 9.17) is 0 Å². The van der Waals surface area contributed by atoms with E-state index in [9.17, 15) is 13.2 Å². The second-order valence-corrected chi connectivity index (χ2v) is 10.6. The Balaban J connectivity index is 1.62. The van der Waals surface area contributed by atoms with Crippen molar-refractivity contribution in [3.05, 3.63) is 47.8 Å². The number of hydrogen-bond donors (Lipinski definition) is 1. The van der Waals surface area contributed by atoms with E-state index < -0.39 is 21.5 Å². The molecule has 2 aromatic rings. The molecule has 1 aliphatic carbocycles. The molecule has 1 saturated carbocycles. The Morgan fingerprint density at radius 2 is 2.00 bits per heavy atom. The summed E-state index contributed by atoms with van der Waals surface area (Å²) >= 11 is 0. The molecule has 5 rings (SSSR count). The van der Waals surface area contributed by atoms with Crippen molar-refractivity contribution in [1.29, 1.82) is 0 Å². The minimum Gasteiger partial charge on any atom is -0.325 e. The van der Waals surface area contributed by atoms with Gasteiger partial charge in [-0.1, -0.05) is 31.0 Å². The number of benzene rings is 1. The number of anilines is 1. The topological polar surface area (TPSA) is 84.3 Å². The summed E-state index contributed by atoms with van der Waals surface area (Å²) in [4.78, 5) is 13.3. The zero-order valence-electron chi connectivity index (χ0n) is 16.5. The average molecular weight is 415 g/mol. The largest absolute Gasteiger partial charge is 0.325 e. The number of nitrogens with zero attached hydrogens (tertiary/aromatic N) is 3. The highest BCUT2D eigenvalue weighted by atomic mass is 32.2. The summed E-state index contributed by atoms with van der Waals surface area (Å²) < 4.78 is 30.3. The molecule has 154 valence electrons. The van der Waals surface area contributed by atoms with Crippen LogP contribution >= 0.6 is 0 Å². The van der Waals surface area contributed by atoms with Crippen LogP contribution in [0.4, 0.5) is 5.69 Å². The molecule has 1 spiro atoms. The van der Waals surface area contributed by atoms with Crippen molar-refractivity contribution in [3.63, 3.8) is 0 Å². The lowest BCUT2D eigenvalue weighted by Gasteiger charge is -2.33. The fraction of sp³-hybridized carbons (Fsp3) is 0.524. The molecule has 29 heavy (non-hydrogen) atoms. The maximum atomic E-state index is 13.5. The van der Waals surface area contributed by atoms with Gasteiger partial charge in [0.25, 0.3) is 0 Å². The maximum absolute atomic E-state index is 13.5. The highest BCUT2D eigenvalue weighted by molar-refractivity contribution is 7.89. The number of carbonyl (C=O) groups excluding carboxylic acids is 1. The van der Waals surface area contributed by atoms with Crippen molar-refractivity contribution < 1.29 is 13.2 Å². The van der Waals surface area contributed by atoms with Crippen LogP contribution in [-0.4, -0.2) is 40.7 Å². The van der Waals surface area contributed by atoms with Crippen LogP contribution in [0.5, 0.6) is 0 Å². The number of aromatic nitrogens is 2. The number of amides is 1. The molecule has 1 N–H and O–H groups in total. The van der Waals surface area contributed by atoms with Crippen LogP contribution in [-0.2, 0) is 27.3 Å². The lowest BCUT2D eigenvalue weighted by Crippen LogP contribution is -2.43. The summed E-state index contributed by atoms with van der Waals surface area (Å²) in [5, 5.41) is 7.27. The first-order valence-electron chi connectivity index (χ1n) is 10.3. The predicted octanol–water partition coefficient (Wildman–Crippen LogP) is 2.58. The van der Waals surface area contributed by atoms with Crippen molar-refractivity contribution >= 4 is 21.6 Å². The van der Waals surface area contributed by atoms with Gasteiger partial charge >= 0.3 is 0 Å². The van der Waals surface area contributed by atoms with Crippen molar-refractivity contribution in [1.82, 2.24) is 14.1 Å². The Bertz CT molecular complexity index is 1060. The lowest BCUT2D eigenvalue weighted by atomic mass is 9.73. The summed E-state index contributed by atoms with van der Waals surface area (Å²) in [6.07, 6.45) is 8.16. The van der Waals surface area contributed by atoms with Crippen LogP contribution in [0.15, 0.2) is 36.7 Å². The van der Waals surface area contributed by atoms with E-state index in [-0.39, 0.29) is 17.6 Å². The minimum absolute atomic E-state index is 0.119. The van der Waals surface area contributed by atoms with E-state index in [1.807, 2.05) is 37.5 Å². The van der Waals surface area contributed by atoms with Gasteiger partial charge in [-0.3, -0.25) is 9.48 Å². The van der Waals surface area contributed by atoms with Crippen molar-refractivity contribution in [3.8, 4) is 0 Å². The van der Waals surface area contributed by atoms with Crippen LogP contribution in [0.25, 0.3) is 0 Å². The van der Waals surface area contributed by atoms with Gasteiger partial charge in [-0.05, 0) is 36.8 Å². The minimum atomic E-state index is -3.50. The molecular weight excluding hydrogens is 388 g/mol. The number of hydrogen-bond acceptors (Lipinski definition) is 4. The smallest absolute Gasteiger partial charge is 0.237 e.